The Hall–Kier alpha value is -2.78. The molecule has 19 heavy (non-hydrogen) atoms. The molecule has 0 aromatic carbocycles. The molecule has 0 saturated carbocycles. The number of rotatable bonds is 2. The van der Waals surface area contributed by atoms with Crippen molar-refractivity contribution in [2.24, 2.45) is 6.98 Å². The van der Waals surface area contributed by atoms with Gasteiger partial charge >= 0.3 is 11.9 Å². The number of aromatic amines is 1. The number of H-pyrrole nitrogens is 1. The Bertz CT molecular complexity index is 624. The molecule has 2 rings (SSSR count). The van der Waals surface area contributed by atoms with Crippen LogP contribution in [0.4, 0.5) is 0 Å². The molecule has 102 valence electrons. The van der Waals surface area contributed by atoms with Crippen LogP contribution < -0.4 is 0 Å². The number of carbonyl (C=O) groups excluding carboxylic acids is 2. The first-order valence-electron chi connectivity index (χ1n) is 6.23. The normalized spacial score (nSPS) is 12.2. The first kappa shape index (κ1) is 10.2. The molecule has 2 heterocycles. The van der Waals surface area contributed by atoms with E-state index in [4.69, 9.17) is 4.11 Å². The van der Waals surface area contributed by atoms with Gasteiger partial charge in [0.05, 0.1) is 14.2 Å². The Labute approximate surface area is 112 Å². The molecule has 1 N–H and O–H groups in total. The van der Waals surface area contributed by atoms with E-state index >= 15 is 0 Å². The third kappa shape index (κ3) is 4.18. The minimum atomic E-state index is -2.42. The molecule has 0 bridgehead atoms. The Morgan fingerprint density at radius 3 is 2.53 bits per heavy atom. The number of hydrogen-bond donors (Lipinski definition) is 1. The summed E-state index contributed by atoms with van der Waals surface area (Å²) in [6.45, 7) is -2.42. The molecule has 0 aliphatic carbocycles. The van der Waals surface area contributed by atoms with Crippen molar-refractivity contribution < 1.29 is 23.2 Å². The van der Waals surface area contributed by atoms with Crippen LogP contribution >= 0.6 is 0 Å². The predicted octanol–water partition coefficient (Wildman–Crippen LogP) is -0.807. The number of aromatic nitrogens is 6. The maximum absolute atomic E-state index is 10.8. The highest BCUT2D eigenvalue weighted by atomic mass is 16.5. The molecule has 0 radical (unpaired) electrons. The van der Waals surface area contributed by atoms with Crippen molar-refractivity contribution in [3.05, 3.63) is 24.3 Å². The predicted molar refractivity (Wildman–Crippen MR) is 60.1 cm³/mol. The summed E-state index contributed by atoms with van der Waals surface area (Å²) in [5, 5.41) is 9.23. The van der Waals surface area contributed by atoms with Crippen molar-refractivity contribution in [3.63, 3.8) is 0 Å². The highest BCUT2D eigenvalue weighted by Gasteiger charge is 2.08. The Morgan fingerprint density at radius 1 is 1.32 bits per heavy atom. The lowest BCUT2D eigenvalue weighted by Crippen LogP contribution is -2.04. The van der Waals surface area contributed by atoms with Crippen LogP contribution in [0.3, 0.4) is 0 Å². The molecule has 0 aliphatic rings. The summed E-state index contributed by atoms with van der Waals surface area (Å²) in [7, 11) is 2.45. The third-order valence-electron chi connectivity index (χ3n) is 1.65. The molecule has 0 fully saturated rings. The molecule has 0 atom stereocenters. The van der Waals surface area contributed by atoms with Crippen molar-refractivity contribution >= 4 is 11.9 Å². The van der Waals surface area contributed by atoms with E-state index in [-0.39, 0.29) is 11.6 Å². The Morgan fingerprint density at radius 2 is 2.05 bits per heavy atom. The summed E-state index contributed by atoms with van der Waals surface area (Å²) in [4.78, 5) is 28.3. The second-order valence-electron chi connectivity index (χ2n) is 2.83. The minimum Gasteiger partial charge on any atom is -0.463 e. The molecular weight excluding hydrogens is 256 g/mol. The molecule has 2 aromatic rings. The molecule has 0 spiro atoms. The molecule has 0 aliphatic heterocycles. The zero-order chi connectivity index (χ0) is 16.8. The van der Waals surface area contributed by atoms with Crippen molar-refractivity contribution in [1.29, 1.82) is 0 Å². The second kappa shape index (κ2) is 6.83. The smallest absolute Gasteiger partial charge is 0.377 e. The van der Waals surface area contributed by atoms with E-state index in [1.54, 1.807) is 0 Å². The summed E-state index contributed by atoms with van der Waals surface area (Å²) < 4.78 is 30.0. The fourth-order valence-electron chi connectivity index (χ4n) is 0.848. The number of methoxy groups -OCH3 is 2. The number of aryl methyl sites for hydroxylation is 1. The van der Waals surface area contributed by atoms with Gasteiger partial charge < -0.3 is 9.47 Å². The van der Waals surface area contributed by atoms with Crippen LogP contribution in [0.25, 0.3) is 0 Å². The lowest BCUT2D eigenvalue weighted by atomic mass is 10.6. The number of hydrogen-bond acceptors (Lipinski definition) is 8. The van der Waals surface area contributed by atoms with Gasteiger partial charge in [-0.1, -0.05) is 0 Å². The summed E-state index contributed by atoms with van der Waals surface area (Å²) in [6, 6.07) is 0. The maximum atomic E-state index is 10.8. The summed E-state index contributed by atoms with van der Waals surface area (Å²) >= 11 is 0. The van der Waals surface area contributed by atoms with Crippen LogP contribution in [0.2, 0.25) is 0 Å². The van der Waals surface area contributed by atoms with E-state index in [2.05, 4.69) is 34.7 Å². The lowest BCUT2D eigenvalue weighted by molar-refractivity contribution is 0.0578. The maximum Gasteiger partial charge on any atom is 0.377 e. The van der Waals surface area contributed by atoms with Gasteiger partial charge in [-0.2, -0.15) is 5.10 Å². The summed E-state index contributed by atoms with van der Waals surface area (Å²) in [5.41, 5.74) is 0. The number of nitrogens with one attached hydrogen (secondary N) is 1. The van der Waals surface area contributed by atoms with Crippen LogP contribution in [0.5, 0.6) is 0 Å². The third-order valence-corrected chi connectivity index (χ3v) is 1.65. The fraction of sp³-hybridized carbons (Fsp3) is 0.333. The molecule has 10 heteroatoms. The van der Waals surface area contributed by atoms with Crippen molar-refractivity contribution in [3.8, 4) is 0 Å². The van der Waals surface area contributed by atoms with Gasteiger partial charge in [0, 0.05) is 11.1 Å². The van der Waals surface area contributed by atoms with E-state index in [9.17, 15) is 9.59 Å². The highest BCUT2D eigenvalue weighted by Crippen LogP contribution is 1.89. The van der Waals surface area contributed by atoms with Crippen molar-refractivity contribution in [2.45, 2.75) is 0 Å². The second-order valence-corrected chi connectivity index (χ2v) is 2.83. The standard InChI is InChI=1S/C5H7N3O2.C4H5N3O2/c1-8-3-6-4(7-8)5(9)10-2;1-9-4(8)3-5-2-6-7-3/h3H,1-2H3;2H,1H3,(H,5,6,7)/i1D3;. The number of nitrogens with zero attached hydrogens (tertiary/aromatic N) is 5. The average Bonchev–Trinajstić information content (AvgIpc) is 3.16. The van der Waals surface area contributed by atoms with Crippen LogP contribution in [0, 0.1) is 0 Å². The fourth-order valence-corrected chi connectivity index (χ4v) is 0.848. The largest absolute Gasteiger partial charge is 0.463 e. The quantitative estimate of drug-likeness (QED) is 0.703. The average molecular weight is 271 g/mol. The van der Waals surface area contributed by atoms with Crippen molar-refractivity contribution in [1.82, 2.24) is 29.9 Å². The van der Waals surface area contributed by atoms with Crippen LogP contribution in [0.15, 0.2) is 12.7 Å². The van der Waals surface area contributed by atoms with Gasteiger partial charge in [0.15, 0.2) is 0 Å². The molecular formula is C9H12N6O4. The van der Waals surface area contributed by atoms with Gasteiger partial charge in [0.1, 0.15) is 12.7 Å². The molecule has 0 saturated heterocycles. The van der Waals surface area contributed by atoms with Crippen molar-refractivity contribution in [2.75, 3.05) is 14.2 Å². The highest BCUT2D eigenvalue weighted by molar-refractivity contribution is 5.85. The lowest BCUT2D eigenvalue weighted by Gasteiger charge is -1.88. The van der Waals surface area contributed by atoms with Gasteiger partial charge in [0.2, 0.25) is 5.82 Å². The molecule has 2 aromatic heterocycles. The van der Waals surface area contributed by atoms with Crippen LogP contribution in [-0.4, -0.2) is 56.1 Å². The first-order chi connectivity index (χ1) is 10.3. The number of ether oxygens (including phenoxy) is 2. The minimum absolute atomic E-state index is 0.123. The van der Waals surface area contributed by atoms with Gasteiger partial charge in [-0.05, 0) is 0 Å². The van der Waals surface area contributed by atoms with E-state index in [1.165, 1.54) is 20.5 Å². The monoisotopic (exact) mass is 271 g/mol. The Balaban J connectivity index is 0.000000235. The van der Waals surface area contributed by atoms with E-state index in [0.29, 0.717) is 4.68 Å². The van der Waals surface area contributed by atoms with Crippen LogP contribution in [0.1, 0.15) is 25.4 Å². The zero-order valence-corrected chi connectivity index (χ0v) is 10.0. The number of carbonyl (C=O) groups is 2. The van der Waals surface area contributed by atoms with Gasteiger partial charge in [0.25, 0.3) is 5.82 Å². The van der Waals surface area contributed by atoms with E-state index in [1.807, 2.05) is 0 Å². The van der Waals surface area contributed by atoms with Gasteiger partial charge in [-0.25, -0.2) is 19.6 Å². The van der Waals surface area contributed by atoms with E-state index < -0.39 is 18.9 Å². The van der Waals surface area contributed by atoms with E-state index in [0.717, 1.165) is 6.33 Å². The van der Waals surface area contributed by atoms with Gasteiger partial charge in [-0.15, -0.1) is 5.10 Å². The SMILES string of the molecule is COC(=O)c1ncn[nH]1.[2H]C([2H])([2H])n1cnc(C(=O)OC)n1. The molecule has 0 amide bonds. The summed E-state index contributed by atoms with van der Waals surface area (Å²) in [5.74, 6) is -1.41. The van der Waals surface area contributed by atoms with Gasteiger partial charge in [-0.3, -0.25) is 9.78 Å². The zero-order valence-electron chi connectivity index (χ0n) is 13.0. The summed E-state index contributed by atoms with van der Waals surface area (Å²) in [6.07, 6.45) is 2.20. The Kier molecular flexibility index (Phi) is 3.66. The first-order valence-corrected chi connectivity index (χ1v) is 4.73. The molecule has 10 nitrogen and oxygen atoms in total. The molecule has 0 unspecified atom stereocenters. The number of esters is 2. The van der Waals surface area contributed by atoms with Crippen LogP contribution in [-0.2, 0) is 16.4 Å². The topological polar surface area (TPSA) is 125 Å².